The molecular weight excluding hydrogens is 304 g/mol. The second kappa shape index (κ2) is 6.36. The van der Waals surface area contributed by atoms with Crippen LogP contribution in [0.25, 0.3) is 0 Å². The maximum atomic E-state index is 12.4. The van der Waals surface area contributed by atoms with Gasteiger partial charge in [-0.05, 0) is 43.4 Å². The van der Waals surface area contributed by atoms with Gasteiger partial charge in [0.05, 0.1) is 5.69 Å². The van der Waals surface area contributed by atoms with E-state index in [2.05, 4.69) is 27.0 Å². The largest absolute Gasteiger partial charge is 0.438 e. The Morgan fingerprint density at radius 1 is 1.33 bits per heavy atom. The Balaban J connectivity index is 1.38. The van der Waals surface area contributed by atoms with E-state index in [-0.39, 0.29) is 5.91 Å². The van der Waals surface area contributed by atoms with E-state index in [1.54, 1.807) is 6.92 Å². The van der Waals surface area contributed by atoms with E-state index < -0.39 is 0 Å². The fourth-order valence-electron chi connectivity index (χ4n) is 3.20. The highest BCUT2D eigenvalue weighted by molar-refractivity contribution is 5.93. The van der Waals surface area contributed by atoms with Crippen molar-refractivity contribution in [3.05, 3.63) is 47.9 Å². The molecule has 1 aliphatic carbocycles. The number of aryl methyl sites for hydroxylation is 1. The van der Waals surface area contributed by atoms with Crippen LogP contribution in [0.15, 0.2) is 35.3 Å². The van der Waals surface area contributed by atoms with E-state index in [1.807, 2.05) is 17.3 Å². The monoisotopic (exact) mass is 326 g/mol. The van der Waals surface area contributed by atoms with Crippen LogP contribution in [0.1, 0.15) is 34.7 Å². The van der Waals surface area contributed by atoms with Gasteiger partial charge in [-0.25, -0.2) is 4.98 Å². The van der Waals surface area contributed by atoms with E-state index in [1.165, 1.54) is 24.8 Å². The molecule has 4 rings (SSSR count). The first-order valence-electron chi connectivity index (χ1n) is 8.53. The van der Waals surface area contributed by atoms with Crippen molar-refractivity contribution < 1.29 is 9.21 Å². The van der Waals surface area contributed by atoms with Crippen molar-refractivity contribution in [3.63, 3.8) is 0 Å². The summed E-state index contributed by atoms with van der Waals surface area (Å²) in [4.78, 5) is 24.9. The molecule has 0 atom stereocenters. The summed E-state index contributed by atoms with van der Waals surface area (Å²) in [6, 6.07) is 4.56. The lowest BCUT2D eigenvalue weighted by atomic mass is 10.0. The summed E-state index contributed by atoms with van der Waals surface area (Å²) in [5, 5.41) is 0. The Hall–Kier alpha value is -2.21. The maximum absolute atomic E-state index is 12.4. The van der Waals surface area contributed by atoms with Gasteiger partial charge in [-0.15, -0.1) is 0 Å². The first-order valence-corrected chi connectivity index (χ1v) is 8.53. The van der Waals surface area contributed by atoms with Crippen LogP contribution in [0.5, 0.6) is 0 Å². The first-order chi connectivity index (χ1) is 11.7. The van der Waals surface area contributed by atoms with Crippen molar-refractivity contribution >= 4 is 5.91 Å². The Morgan fingerprint density at radius 3 is 2.71 bits per heavy atom. The summed E-state index contributed by atoms with van der Waals surface area (Å²) >= 11 is 0. The zero-order chi connectivity index (χ0) is 16.5. The van der Waals surface area contributed by atoms with Crippen LogP contribution in [0.3, 0.4) is 0 Å². The second-order valence-electron chi connectivity index (χ2n) is 6.86. The molecule has 2 fully saturated rings. The minimum Gasteiger partial charge on any atom is -0.438 e. The lowest BCUT2D eigenvalue weighted by molar-refractivity contribution is 0.0196. The first kappa shape index (κ1) is 15.3. The van der Waals surface area contributed by atoms with Gasteiger partial charge in [0.1, 0.15) is 0 Å². The van der Waals surface area contributed by atoms with E-state index in [4.69, 9.17) is 4.42 Å². The van der Waals surface area contributed by atoms with Crippen LogP contribution in [0.4, 0.5) is 0 Å². The molecule has 0 bridgehead atoms. The minimum atomic E-state index is -0.0449. The second-order valence-corrected chi connectivity index (χ2v) is 6.86. The van der Waals surface area contributed by atoms with Crippen LogP contribution >= 0.6 is 0 Å². The Bertz CT molecular complexity index is 705. The summed E-state index contributed by atoms with van der Waals surface area (Å²) in [6.45, 7) is 5.37. The molecule has 2 aromatic heterocycles. The number of likely N-dealkylation sites (tertiary alicyclic amines) is 1. The Labute approximate surface area is 141 Å². The van der Waals surface area contributed by atoms with E-state index >= 15 is 0 Å². The minimum absolute atomic E-state index is 0.0449. The number of carbonyl (C=O) groups is 1. The predicted molar refractivity (Wildman–Crippen MR) is 88.3 cm³/mol. The molecule has 0 aromatic carbocycles. The molecular formula is C18H22N4O2. The van der Waals surface area contributed by atoms with Crippen molar-refractivity contribution in [2.24, 2.45) is 5.92 Å². The molecule has 1 saturated carbocycles. The third kappa shape index (κ3) is 3.19. The molecule has 1 aliphatic heterocycles. The molecule has 0 N–H and O–H groups in total. The van der Waals surface area contributed by atoms with Gasteiger partial charge in [0.25, 0.3) is 5.91 Å². The third-order valence-corrected chi connectivity index (χ3v) is 4.93. The number of rotatable bonds is 6. The van der Waals surface area contributed by atoms with Crippen LogP contribution in [-0.4, -0.2) is 51.4 Å². The Morgan fingerprint density at radius 2 is 2.08 bits per heavy atom. The van der Waals surface area contributed by atoms with Crippen LogP contribution in [-0.2, 0) is 6.54 Å². The lowest BCUT2D eigenvalue weighted by Gasteiger charge is -2.45. The van der Waals surface area contributed by atoms with Crippen molar-refractivity contribution in [2.75, 3.05) is 19.6 Å². The highest BCUT2D eigenvalue weighted by Crippen LogP contribution is 2.32. The zero-order valence-electron chi connectivity index (χ0n) is 13.9. The fraction of sp³-hybridized carbons (Fsp3) is 0.500. The SMILES string of the molecule is Cc1ncoc1C(=O)N1CC(N(Cc2ccncc2)CC2CC2)C1. The van der Waals surface area contributed by atoms with Gasteiger partial charge in [0.2, 0.25) is 5.76 Å². The zero-order valence-corrected chi connectivity index (χ0v) is 13.9. The van der Waals surface area contributed by atoms with E-state index in [0.29, 0.717) is 17.5 Å². The lowest BCUT2D eigenvalue weighted by Crippen LogP contribution is -2.61. The maximum Gasteiger partial charge on any atom is 0.291 e. The summed E-state index contributed by atoms with van der Waals surface area (Å²) in [6.07, 6.45) is 7.68. The fourth-order valence-corrected chi connectivity index (χ4v) is 3.20. The van der Waals surface area contributed by atoms with Gasteiger partial charge in [-0.3, -0.25) is 14.7 Å². The normalized spacial score (nSPS) is 18.0. The number of pyridine rings is 1. The number of hydrogen-bond donors (Lipinski definition) is 0. The van der Waals surface area contributed by atoms with Gasteiger partial charge in [-0.2, -0.15) is 0 Å². The third-order valence-electron chi connectivity index (χ3n) is 4.93. The molecule has 6 nitrogen and oxygen atoms in total. The van der Waals surface area contributed by atoms with Gasteiger partial charge in [-0.1, -0.05) is 0 Å². The van der Waals surface area contributed by atoms with Gasteiger partial charge in [0.15, 0.2) is 6.39 Å². The van der Waals surface area contributed by atoms with Gasteiger partial charge < -0.3 is 9.32 Å². The average molecular weight is 326 g/mol. The smallest absolute Gasteiger partial charge is 0.291 e. The molecule has 1 saturated heterocycles. The highest BCUT2D eigenvalue weighted by Gasteiger charge is 2.38. The number of aromatic nitrogens is 2. The molecule has 0 spiro atoms. The van der Waals surface area contributed by atoms with Gasteiger partial charge in [0, 0.05) is 44.6 Å². The summed E-state index contributed by atoms with van der Waals surface area (Å²) in [7, 11) is 0. The molecule has 24 heavy (non-hydrogen) atoms. The van der Waals surface area contributed by atoms with E-state index in [0.717, 1.165) is 32.1 Å². The summed E-state index contributed by atoms with van der Waals surface area (Å²) in [5.41, 5.74) is 1.94. The van der Waals surface area contributed by atoms with Crippen LogP contribution in [0.2, 0.25) is 0 Å². The van der Waals surface area contributed by atoms with E-state index in [9.17, 15) is 4.79 Å². The highest BCUT2D eigenvalue weighted by atomic mass is 16.3. The van der Waals surface area contributed by atoms with Crippen molar-refractivity contribution in [3.8, 4) is 0 Å². The average Bonchev–Trinajstić information content (AvgIpc) is 3.25. The number of amides is 1. The topological polar surface area (TPSA) is 62.5 Å². The van der Waals surface area contributed by atoms with Crippen LogP contribution < -0.4 is 0 Å². The molecule has 0 unspecified atom stereocenters. The quantitative estimate of drug-likeness (QED) is 0.813. The molecule has 3 heterocycles. The number of carbonyl (C=O) groups excluding carboxylic acids is 1. The van der Waals surface area contributed by atoms with Crippen LogP contribution in [0, 0.1) is 12.8 Å². The Kier molecular flexibility index (Phi) is 4.06. The molecule has 2 aliphatic rings. The molecule has 6 heteroatoms. The summed E-state index contributed by atoms with van der Waals surface area (Å²) < 4.78 is 5.23. The number of nitrogens with zero attached hydrogens (tertiary/aromatic N) is 4. The molecule has 0 radical (unpaired) electrons. The molecule has 126 valence electrons. The standard InChI is InChI=1S/C18H22N4O2/c1-13-17(24-12-20-13)18(23)22-10-16(11-22)21(8-14-2-3-14)9-15-4-6-19-7-5-15/h4-7,12,14,16H,2-3,8-11H2,1H3. The molecule has 2 aromatic rings. The predicted octanol–water partition coefficient (Wildman–Crippen LogP) is 2.11. The van der Waals surface area contributed by atoms with Gasteiger partial charge >= 0.3 is 0 Å². The van der Waals surface area contributed by atoms with Crippen molar-refractivity contribution in [1.82, 2.24) is 19.8 Å². The van der Waals surface area contributed by atoms with Crippen molar-refractivity contribution in [1.29, 1.82) is 0 Å². The number of hydrogen-bond acceptors (Lipinski definition) is 5. The molecule has 1 amide bonds. The number of oxazole rings is 1. The summed E-state index contributed by atoms with van der Waals surface area (Å²) in [5.74, 6) is 1.15. The van der Waals surface area contributed by atoms with Crippen molar-refractivity contribution in [2.45, 2.75) is 32.4 Å².